The second-order valence-electron chi connectivity index (χ2n) is 7.50. The van der Waals surface area contributed by atoms with Crippen LogP contribution in [0.4, 0.5) is 0 Å². The molecule has 3 fully saturated rings. The SMILES string of the molecule is CCOC(=O)C[C@]12CC[C@@H](O)[C@]34C=C(C)C[C@](OC1)(OC3)[C@H]24. The van der Waals surface area contributed by atoms with Gasteiger partial charge in [-0.3, -0.25) is 4.79 Å². The van der Waals surface area contributed by atoms with Gasteiger partial charge in [-0.1, -0.05) is 11.6 Å². The van der Waals surface area contributed by atoms with E-state index in [0.717, 1.165) is 12.8 Å². The standard InChI is InChI=1S/C17H24O5/c1-3-20-13(19)8-15-5-4-12(18)16-6-11(2)7-17(14(15)16,21-9-15)22-10-16/h6,12,14,18H,3-5,7-10H2,1-2H3/t12-,14-,15-,16+,17+/m1/s1. The first-order valence-corrected chi connectivity index (χ1v) is 8.26. The molecule has 2 aliphatic carbocycles. The summed E-state index contributed by atoms with van der Waals surface area (Å²) in [6, 6.07) is 0. The molecule has 4 aliphatic rings. The number of hydrogen-bond donors (Lipinski definition) is 1. The summed E-state index contributed by atoms with van der Waals surface area (Å²) in [5.41, 5.74) is 0.546. The molecule has 5 nitrogen and oxygen atoms in total. The summed E-state index contributed by atoms with van der Waals surface area (Å²) in [5.74, 6) is -0.767. The van der Waals surface area contributed by atoms with Gasteiger partial charge in [-0.2, -0.15) is 0 Å². The number of aliphatic hydroxyl groups is 1. The highest BCUT2D eigenvalue weighted by Crippen LogP contribution is 2.69. The minimum absolute atomic E-state index is 0.0457. The van der Waals surface area contributed by atoms with E-state index in [0.29, 0.717) is 32.7 Å². The van der Waals surface area contributed by atoms with Gasteiger partial charge in [0.25, 0.3) is 0 Å². The Kier molecular flexibility index (Phi) is 3.04. The molecule has 1 saturated carbocycles. The molecule has 122 valence electrons. The van der Waals surface area contributed by atoms with E-state index in [-0.39, 0.29) is 17.3 Å². The van der Waals surface area contributed by atoms with Crippen LogP contribution < -0.4 is 0 Å². The van der Waals surface area contributed by atoms with Crippen LogP contribution in [0.5, 0.6) is 0 Å². The summed E-state index contributed by atoms with van der Waals surface area (Å²) in [4.78, 5) is 12.1. The first-order chi connectivity index (χ1) is 10.5. The summed E-state index contributed by atoms with van der Waals surface area (Å²) in [6.45, 7) is 5.31. The zero-order chi connectivity index (χ0) is 15.6. The summed E-state index contributed by atoms with van der Waals surface area (Å²) in [7, 11) is 0. The van der Waals surface area contributed by atoms with Gasteiger partial charge >= 0.3 is 5.97 Å². The minimum Gasteiger partial charge on any atom is -0.466 e. The Labute approximate surface area is 130 Å². The molecule has 0 radical (unpaired) electrons. The Morgan fingerprint density at radius 3 is 3.00 bits per heavy atom. The molecular formula is C17H24O5. The van der Waals surface area contributed by atoms with E-state index in [2.05, 4.69) is 13.0 Å². The maximum atomic E-state index is 12.1. The van der Waals surface area contributed by atoms with Crippen molar-refractivity contribution in [2.45, 2.75) is 51.4 Å². The first kappa shape index (κ1) is 14.7. The van der Waals surface area contributed by atoms with Crippen molar-refractivity contribution >= 4 is 5.97 Å². The lowest BCUT2D eigenvalue weighted by Crippen LogP contribution is -2.56. The molecule has 0 aromatic rings. The number of carbonyl (C=O) groups excluding carboxylic acids is 1. The van der Waals surface area contributed by atoms with Crippen molar-refractivity contribution in [2.24, 2.45) is 16.7 Å². The predicted molar refractivity (Wildman–Crippen MR) is 77.9 cm³/mol. The quantitative estimate of drug-likeness (QED) is 0.636. The van der Waals surface area contributed by atoms with Crippen molar-refractivity contribution < 1.29 is 24.1 Å². The fourth-order valence-corrected chi connectivity index (χ4v) is 5.60. The van der Waals surface area contributed by atoms with Crippen molar-refractivity contribution in [3.8, 4) is 0 Å². The Morgan fingerprint density at radius 1 is 1.45 bits per heavy atom. The van der Waals surface area contributed by atoms with Gasteiger partial charge in [-0.25, -0.2) is 0 Å². The molecule has 2 heterocycles. The van der Waals surface area contributed by atoms with Gasteiger partial charge in [0, 0.05) is 23.2 Å². The Bertz CT molecular complexity index is 543. The first-order valence-electron chi connectivity index (χ1n) is 8.26. The van der Waals surface area contributed by atoms with Gasteiger partial charge in [0.15, 0.2) is 5.79 Å². The van der Waals surface area contributed by atoms with E-state index >= 15 is 0 Å². The highest BCUT2D eigenvalue weighted by molar-refractivity contribution is 5.70. The lowest BCUT2D eigenvalue weighted by atomic mass is 9.50. The molecule has 0 aromatic carbocycles. The van der Waals surface area contributed by atoms with E-state index in [1.807, 2.05) is 6.92 Å². The zero-order valence-corrected chi connectivity index (χ0v) is 13.3. The van der Waals surface area contributed by atoms with Crippen molar-refractivity contribution in [1.29, 1.82) is 0 Å². The molecular weight excluding hydrogens is 284 g/mol. The number of hydrogen-bond acceptors (Lipinski definition) is 5. The Morgan fingerprint density at radius 2 is 2.23 bits per heavy atom. The van der Waals surface area contributed by atoms with Crippen LogP contribution in [0.3, 0.4) is 0 Å². The van der Waals surface area contributed by atoms with E-state index in [1.165, 1.54) is 5.57 Å². The maximum absolute atomic E-state index is 12.1. The summed E-state index contributed by atoms with van der Waals surface area (Å²) in [5, 5.41) is 10.7. The van der Waals surface area contributed by atoms with Crippen LogP contribution in [0, 0.1) is 16.7 Å². The molecule has 22 heavy (non-hydrogen) atoms. The summed E-state index contributed by atoms with van der Waals surface area (Å²) < 4.78 is 17.5. The monoisotopic (exact) mass is 308 g/mol. The topological polar surface area (TPSA) is 65.0 Å². The summed E-state index contributed by atoms with van der Waals surface area (Å²) in [6.07, 6.45) is 4.34. The number of rotatable bonds is 3. The van der Waals surface area contributed by atoms with Crippen molar-refractivity contribution in [3.05, 3.63) is 11.6 Å². The number of esters is 1. The smallest absolute Gasteiger partial charge is 0.306 e. The zero-order valence-electron chi connectivity index (χ0n) is 13.3. The predicted octanol–water partition coefficient (Wildman–Crippen LogP) is 1.79. The Hall–Kier alpha value is -0.910. The van der Waals surface area contributed by atoms with Gasteiger partial charge in [0.05, 0.1) is 32.3 Å². The van der Waals surface area contributed by atoms with Gasteiger partial charge < -0.3 is 19.3 Å². The molecule has 0 unspecified atom stereocenters. The second-order valence-corrected chi connectivity index (χ2v) is 7.50. The van der Waals surface area contributed by atoms with E-state index < -0.39 is 17.3 Å². The number of ether oxygens (including phenoxy) is 3. The fraction of sp³-hybridized carbons (Fsp3) is 0.824. The highest BCUT2D eigenvalue weighted by Gasteiger charge is 2.75. The third-order valence-corrected chi connectivity index (χ3v) is 6.14. The van der Waals surface area contributed by atoms with Crippen LogP contribution in [0.15, 0.2) is 11.6 Å². The third-order valence-electron chi connectivity index (χ3n) is 6.14. The molecule has 2 saturated heterocycles. The van der Waals surface area contributed by atoms with Gasteiger partial charge in [-0.05, 0) is 26.7 Å². The molecule has 1 N–H and O–H groups in total. The van der Waals surface area contributed by atoms with Gasteiger partial charge in [-0.15, -0.1) is 0 Å². The summed E-state index contributed by atoms with van der Waals surface area (Å²) >= 11 is 0. The van der Waals surface area contributed by atoms with Crippen LogP contribution in [-0.2, 0) is 19.0 Å². The molecule has 0 spiro atoms. The minimum atomic E-state index is -0.646. The van der Waals surface area contributed by atoms with Crippen LogP contribution in [0.1, 0.15) is 39.5 Å². The lowest BCUT2D eigenvalue weighted by molar-refractivity contribution is -0.195. The van der Waals surface area contributed by atoms with Gasteiger partial charge in [0.1, 0.15) is 0 Å². The Balaban J connectivity index is 1.76. The van der Waals surface area contributed by atoms with E-state index in [4.69, 9.17) is 14.2 Å². The van der Waals surface area contributed by atoms with Crippen LogP contribution in [0.2, 0.25) is 0 Å². The highest BCUT2D eigenvalue weighted by atomic mass is 16.7. The molecule has 0 amide bonds. The third kappa shape index (κ3) is 1.67. The average Bonchev–Trinajstić information content (AvgIpc) is 2.89. The molecule has 2 aliphatic heterocycles. The maximum Gasteiger partial charge on any atom is 0.306 e. The van der Waals surface area contributed by atoms with Crippen LogP contribution >= 0.6 is 0 Å². The van der Waals surface area contributed by atoms with E-state index in [9.17, 15) is 9.90 Å². The van der Waals surface area contributed by atoms with Crippen LogP contribution in [-0.4, -0.2) is 42.8 Å². The molecule has 2 bridgehead atoms. The van der Waals surface area contributed by atoms with Crippen LogP contribution in [0.25, 0.3) is 0 Å². The van der Waals surface area contributed by atoms with E-state index in [1.54, 1.807) is 0 Å². The largest absolute Gasteiger partial charge is 0.466 e. The fourth-order valence-electron chi connectivity index (χ4n) is 5.60. The second kappa shape index (κ2) is 4.56. The molecule has 4 rings (SSSR count). The number of carbonyl (C=O) groups is 1. The average molecular weight is 308 g/mol. The van der Waals surface area contributed by atoms with Gasteiger partial charge in [0.2, 0.25) is 0 Å². The molecule has 5 heteroatoms. The van der Waals surface area contributed by atoms with Crippen molar-refractivity contribution in [2.75, 3.05) is 19.8 Å². The normalized spacial score (nSPS) is 48.8. The molecule has 0 aromatic heterocycles. The number of aliphatic hydroxyl groups excluding tert-OH is 1. The van der Waals surface area contributed by atoms with Crippen molar-refractivity contribution in [1.82, 2.24) is 0 Å². The molecule has 5 atom stereocenters. The lowest BCUT2D eigenvalue weighted by Gasteiger charge is -2.52. The van der Waals surface area contributed by atoms with Crippen molar-refractivity contribution in [3.63, 3.8) is 0 Å².